The Hall–Kier alpha value is -1.48. The van der Waals surface area contributed by atoms with Gasteiger partial charge < -0.3 is 14.8 Å². The first kappa shape index (κ1) is 19.8. The van der Waals surface area contributed by atoms with Crippen LogP contribution in [0.25, 0.3) is 0 Å². The van der Waals surface area contributed by atoms with Crippen LogP contribution < -0.4 is 10.0 Å². The minimum atomic E-state index is -3.85. The number of carbonyl (C=O) groups excluding carboxylic acids is 1. The van der Waals surface area contributed by atoms with Gasteiger partial charge in [0.2, 0.25) is 10.0 Å². The molecule has 0 aromatic heterocycles. The monoisotopic (exact) mass is 370 g/mol. The van der Waals surface area contributed by atoms with E-state index in [1.54, 1.807) is 20.1 Å². The molecular weight excluding hydrogens is 344 g/mol. The Labute approximate surface area is 149 Å². The van der Waals surface area contributed by atoms with E-state index in [1.807, 2.05) is 0 Å². The van der Waals surface area contributed by atoms with Crippen LogP contribution in [-0.2, 0) is 19.5 Å². The van der Waals surface area contributed by atoms with Crippen LogP contribution in [0.4, 0.5) is 0 Å². The third-order valence-corrected chi connectivity index (χ3v) is 6.04. The number of esters is 1. The number of rotatable bonds is 7. The molecule has 1 aromatic rings. The molecule has 0 unspecified atom stereocenters. The Morgan fingerprint density at radius 1 is 1.28 bits per heavy atom. The molecule has 25 heavy (non-hydrogen) atoms. The first-order valence-electron chi connectivity index (χ1n) is 8.22. The molecule has 1 saturated heterocycles. The molecule has 7 nitrogen and oxygen atoms in total. The van der Waals surface area contributed by atoms with Crippen molar-refractivity contribution < 1.29 is 22.7 Å². The Morgan fingerprint density at radius 3 is 2.56 bits per heavy atom. The summed E-state index contributed by atoms with van der Waals surface area (Å²) in [4.78, 5) is 11.9. The van der Waals surface area contributed by atoms with E-state index in [0.717, 1.165) is 31.5 Å². The molecule has 8 heteroatoms. The summed E-state index contributed by atoms with van der Waals surface area (Å²) in [6.45, 7) is 4.18. The van der Waals surface area contributed by atoms with Gasteiger partial charge in [-0.3, -0.25) is 0 Å². The molecule has 1 aliphatic rings. The van der Waals surface area contributed by atoms with Gasteiger partial charge in [-0.1, -0.05) is 11.6 Å². The lowest BCUT2D eigenvalue weighted by molar-refractivity contribution is 0.0576. The smallest absolute Gasteiger partial charge is 0.339 e. The van der Waals surface area contributed by atoms with Gasteiger partial charge in [0.05, 0.1) is 24.2 Å². The number of hydrogen-bond donors (Lipinski definition) is 2. The molecular formula is C17H26N2O5S. The lowest BCUT2D eigenvalue weighted by atomic mass is 9.80. The summed E-state index contributed by atoms with van der Waals surface area (Å²) in [5.41, 5.74) is 0.582. The molecule has 1 aliphatic heterocycles. The minimum Gasteiger partial charge on any atom is -0.465 e. The third-order valence-electron chi connectivity index (χ3n) is 4.58. The van der Waals surface area contributed by atoms with Crippen LogP contribution in [0.1, 0.15) is 28.8 Å². The van der Waals surface area contributed by atoms with Crippen molar-refractivity contribution in [2.45, 2.75) is 24.7 Å². The number of nitrogens with one attached hydrogen (secondary N) is 2. The number of sulfonamides is 1. The fraction of sp³-hybridized carbons (Fsp3) is 0.588. The molecule has 0 spiro atoms. The van der Waals surface area contributed by atoms with E-state index in [4.69, 9.17) is 9.47 Å². The van der Waals surface area contributed by atoms with E-state index in [9.17, 15) is 13.2 Å². The van der Waals surface area contributed by atoms with E-state index in [2.05, 4.69) is 10.0 Å². The van der Waals surface area contributed by atoms with Crippen molar-refractivity contribution in [1.82, 2.24) is 10.0 Å². The quantitative estimate of drug-likeness (QED) is 0.698. The summed E-state index contributed by atoms with van der Waals surface area (Å²) < 4.78 is 38.3. The second-order valence-corrected chi connectivity index (χ2v) is 8.23. The summed E-state index contributed by atoms with van der Waals surface area (Å²) in [5, 5.41) is 3.27. The van der Waals surface area contributed by atoms with Gasteiger partial charge in [0.15, 0.2) is 0 Å². The Bertz CT molecular complexity index is 706. The Kier molecular flexibility index (Phi) is 6.56. The molecule has 0 amide bonds. The molecule has 0 bridgehead atoms. The topological polar surface area (TPSA) is 93.7 Å². The van der Waals surface area contributed by atoms with Crippen LogP contribution in [0, 0.1) is 12.3 Å². The highest BCUT2D eigenvalue weighted by Gasteiger charge is 2.34. The van der Waals surface area contributed by atoms with Crippen LogP contribution >= 0.6 is 0 Å². The number of benzene rings is 1. The van der Waals surface area contributed by atoms with Crippen molar-refractivity contribution in [2.75, 3.05) is 40.5 Å². The van der Waals surface area contributed by atoms with E-state index in [1.165, 1.54) is 19.2 Å². The highest BCUT2D eigenvalue weighted by Crippen LogP contribution is 2.29. The highest BCUT2D eigenvalue weighted by atomic mass is 32.2. The fourth-order valence-electron chi connectivity index (χ4n) is 3.11. The van der Waals surface area contributed by atoms with E-state index < -0.39 is 16.0 Å². The number of piperidine rings is 1. The first-order chi connectivity index (χ1) is 11.8. The van der Waals surface area contributed by atoms with Gasteiger partial charge in [0, 0.05) is 19.1 Å². The van der Waals surface area contributed by atoms with E-state index >= 15 is 0 Å². The van der Waals surface area contributed by atoms with Crippen molar-refractivity contribution in [3.05, 3.63) is 29.3 Å². The van der Waals surface area contributed by atoms with Crippen molar-refractivity contribution >= 4 is 16.0 Å². The summed E-state index contributed by atoms with van der Waals surface area (Å²) in [7, 11) is -0.994. The van der Waals surface area contributed by atoms with E-state index in [0.29, 0.717) is 6.61 Å². The number of hydrogen-bond acceptors (Lipinski definition) is 6. The van der Waals surface area contributed by atoms with Crippen molar-refractivity contribution in [3.63, 3.8) is 0 Å². The molecule has 1 fully saturated rings. The first-order valence-corrected chi connectivity index (χ1v) is 9.70. The molecule has 140 valence electrons. The Balaban J connectivity index is 2.25. The van der Waals surface area contributed by atoms with Crippen LogP contribution in [0.2, 0.25) is 0 Å². The van der Waals surface area contributed by atoms with Crippen molar-refractivity contribution in [2.24, 2.45) is 5.41 Å². The third kappa shape index (κ3) is 4.78. The predicted octanol–water partition coefficient (Wildman–Crippen LogP) is 1.08. The molecule has 1 aromatic carbocycles. The second-order valence-electron chi connectivity index (χ2n) is 6.50. The number of aryl methyl sites for hydroxylation is 1. The maximum absolute atomic E-state index is 12.8. The average molecular weight is 370 g/mol. The second kappa shape index (κ2) is 8.27. The lowest BCUT2D eigenvalue weighted by Crippen LogP contribution is -2.47. The normalized spacial score (nSPS) is 17.2. The van der Waals surface area contributed by atoms with Gasteiger partial charge in [0.25, 0.3) is 0 Å². The minimum absolute atomic E-state index is 0.0427. The predicted molar refractivity (Wildman–Crippen MR) is 94.1 cm³/mol. The van der Waals surface area contributed by atoms with Gasteiger partial charge >= 0.3 is 5.97 Å². The summed E-state index contributed by atoms with van der Waals surface area (Å²) in [5.74, 6) is -0.669. The average Bonchev–Trinajstić information content (AvgIpc) is 2.60. The maximum Gasteiger partial charge on any atom is 0.339 e. The summed E-state index contributed by atoms with van der Waals surface area (Å²) in [6, 6.07) is 4.63. The fourth-order valence-corrected chi connectivity index (χ4v) is 4.44. The van der Waals surface area contributed by atoms with Crippen LogP contribution in [0.15, 0.2) is 23.1 Å². The van der Waals surface area contributed by atoms with Gasteiger partial charge in [-0.05, 0) is 45.0 Å². The number of ether oxygens (including phenoxy) is 2. The summed E-state index contributed by atoms with van der Waals surface area (Å²) in [6.07, 6.45) is 1.64. The zero-order chi connectivity index (χ0) is 18.5. The van der Waals surface area contributed by atoms with Gasteiger partial charge in [-0.15, -0.1) is 0 Å². The molecule has 0 aliphatic carbocycles. The largest absolute Gasteiger partial charge is 0.465 e. The SMILES string of the molecule is COCC1(CNS(=O)(=O)c2ccc(C)cc2C(=O)OC)CCNCC1. The van der Waals surface area contributed by atoms with Crippen molar-refractivity contribution in [1.29, 1.82) is 0 Å². The highest BCUT2D eigenvalue weighted by molar-refractivity contribution is 7.89. The van der Waals surface area contributed by atoms with Crippen LogP contribution in [-0.4, -0.2) is 54.8 Å². The molecule has 2 rings (SSSR count). The van der Waals surface area contributed by atoms with Crippen molar-refractivity contribution in [3.8, 4) is 0 Å². The van der Waals surface area contributed by atoms with Gasteiger partial charge in [-0.2, -0.15) is 0 Å². The maximum atomic E-state index is 12.8. The standard InChI is InChI=1S/C17H26N2O5S/c1-13-4-5-15(14(10-13)16(20)24-3)25(21,22)19-11-17(12-23-2)6-8-18-9-7-17/h4-5,10,18-19H,6-9,11-12H2,1-3H3. The van der Waals surface area contributed by atoms with Gasteiger partial charge in [-0.25, -0.2) is 17.9 Å². The molecule has 2 N–H and O–H groups in total. The van der Waals surface area contributed by atoms with E-state index in [-0.39, 0.29) is 22.4 Å². The molecule has 0 saturated carbocycles. The van der Waals surface area contributed by atoms with Crippen LogP contribution in [0.5, 0.6) is 0 Å². The number of carbonyl (C=O) groups is 1. The molecule has 0 radical (unpaired) electrons. The summed E-state index contributed by atoms with van der Waals surface area (Å²) >= 11 is 0. The zero-order valence-electron chi connectivity index (χ0n) is 14.9. The van der Waals surface area contributed by atoms with Gasteiger partial charge in [0.1, 0.15) is 0 Å². The zero-order valence-corrected chi connectivity index (χ0v) is 15.7. The molecule has 1 heterocycles. The lowest BCUT2D eigenvalue weighted by Gasteiger charge is -2.37. The molecule has 0 atom stereocenters. The Morgan fingerprint density at radius 2 is 1.96 bits per heavy atom. The van der Waals surface area contributed by atoms with Crippen LogP contribution in [0.3, 0.4) is 0 Å². The number of methoxy groups -OCH3 is 2.